The van der Waals surface area contributed by atoms with E-state index >= 15 is 0 Å². The first-order valence-corrected chi connectivity index (χ1v) is 6.50. The lowest BCUT2D eigenvalue weighted by Crippen LogP contribution is -2.44. The molecule has 0 bridgehead atoms. The highest BCUT2D eigenvalue weighted by Gasteiger charge is 2.38. The fourth-order valence-corrected chi connectivity index (χ4v) is 2.18. The van der Waals surface area contributed by atoms with Crippen molar-refractivity contribution in [3.63, 3.8) is 0 Å². The number of carboxylic acid groups (broad SMARTS) is 1. The van der Waals surface area contributed by atoms with Gasteiger partial charge in [0, 0.05) is 12.2 Å². The van der Waals surface area contributed by atoms with E-state index < -0.39 is 35.6 Å². The zero-order valence-electron chi connectivity index (χ0n) is 11.4. The molecule has 2 atom stereocenters. The quantitative estimate of drug-likeness (QED) is 0.803. The first kappa shape index (κ1) is 15.0. The van der Waals surface area contributed by atoms with E-state index in [9.17, 15) is 18.8 Å². The van der Waals surface area contributed by atoms with E-state index in [1.54, 1.807) is 0 Å². The van der Waals surface area contributed by atoms with Crippen molar-refractivity contribution < 1.29 is 23.9 Å². The predicted octanol–water partition coefficient (Wildman–Crippen LogP) is 0.768. The second-order valence-corrected chi connectivity index (χ2v) is 4.88. The summed E-state index contributed by atoms with van der Waals surface area (Å²) < 4.78 is 12.9. The molecule has 1 aromatic rings. The minimum atomic E-state index is -1.16. The molecule has 2 rings (SSSR count). The molecule has 112 valence electrons. The summed E-state index contributed by atoms with van der Waals surface area (Å²) in [6, 6.07) is 4.36. The maximum absolute atomic E-state index is 12.9. The molecule has 7 heteroatoms. The van der Waals surface area contributed by atoms with Crippen LogP contribution >= 0.6 is 0 Å². The van der Waals surface area contributed by atoms with Crippen LogP contribution in [-0.4, -0.2) is 35.5 Å². The Morgan fingerprint density at radius 3 is 2.57 bits per heavy atom. The van der Waals surface area contributed by atoms with Gasteiger partial charge in [0.15, 0.2) is 0 Å². The maximum atomic E-state index is 12.9. The molecule has 21 heavy (non-hydrogen) atoms. The van der Waals surface area contributed by atoms with Gasteiger partial charge in [-0.2, -0.15) is 0 Å². The van der Waals surface area contributed by atoms with Crippen molar-refractivity contribution in [1.29, 1.82) is 0 Å². The predicted molar refractivity (Wildman–Crippen MR) is 72.1 cm³/mol. The van der Waals surface area contributed by atoms with E-state index in [-0.39, 0.29) is 0 Å². The van der Waals surface area contributed by atoms with Crippen LogP contribution in [0.2, 0.25) is 0 Å². The number of benzene rings is 1. The van der Waals surface area contributed by atoms with Crippen LogP contribution in [0.25, 0.3) is 0 Å². The van der Waals surface area contributed by atoms with Crippen molar-refractivity contribution in [3.05, 3.63) is 30.1 Å². The Morgan fingerprint density at radius 1 is 1.38 bits per heavy atom. The number of nitrogens with one attached hydrogen (secondary N) is 1. The molecule has 1 heterocycles. The normalized spacial score (nSPS) is 19.4. The molecule has 1 fully saturated rings. The van der Waals surface area contributed by atoms with Crippen LogP contribution in [0.5, 0.6) is 0 Å². The number of hydrogen-bond acceptors (Lipinski definition) is 3. The minimum Gasteiger partial charge on any atom is -0.480 e. The Hall–Kier alpha value is -2.44. The summed E-state index contributed by atoms with van der Waals surface area (Å²) in [5.74, 6) is -3.48. The first-order valence-electron chi connectivity index (χ1n) is 6.50. The largest absolute Gasteiger partial charge is 0.480 e. The molecule has 2 amide bonds. The highest BCUT2D eigenvalue weighted by molar-refractivity contribution is 6.10. The molecule has 0 aliphatic carbocycles. The monoisotopic (exact) mass is 294 g/mol. The van der Waals surface area contributed by atoms with Crippen molar-refractivity contribution in [3.8, 4) is 0 Å². The number of halogens is 1. The average molecular weight is 294 g/mol. The minimum absolute atomic E-state index is 0.300. The van der Waals surface area contributed by atoms with Gasteiger partial charge < -0.3 is 15.3 Å². The summed E-state index contributed by atoms with van der Waals surface area (Å²) in [5.41, 5.74) is 0.517. The number of carboxylic acids is 1. The Balaban J connectivity index is 2.06. The zero-order chi connectivity index (χ0) is 15.6. The lowest BCUT2D eigenvalue weighted by Gasteiger charge is -2.17. The van der Waals surface area contributed by atoms with Crippen molar-refractivity contribution in [1.82, 2.24) is 5.32 Å². The van der Waals surface area contributed by atoms with Crippen molar-refractivity contribution in [2.75, 3.05) is 11.4 Å². The van der Waals surface area contributed by atoms with Crippen LogP contribution in [0.4, 0.5) is 10.1 Å². The van der Waals surface area contributed by atoms with Gasteiger partial charge in [0.1, 0.15) is 17.8 Å². The van der Waals surface area contributed by atoms with Crippen LogP contribution in [0.1, 0.15) is 13.3 Å². The first-order chi connectivity index (χ1) is 9.90. The van der Waals surface area contributed by atoms with E-state index in [4.69, 9.17) is 5.11 Å². The van der Waals surface area contributed by atoms with Gasteiger partial charge in [-0.05, 0) is 37.6 Å². The summed E-state index contributed by atoms with van der Waals surface area (Å²) >= 11 is 0. The lowest BCUT2D eigenvalue weighted by atomic mass is 10.1. The number of carbonyl (C=O) groups excluding carboxylic acids is 2. The number of carbonyl (C=O) groups is 3. The number of aliphatic carboxylic acids is 1. The summed E-state index contributed by atoms with van der Waals surface area (Å²) in [6.07, 6.45) is 0.300. The molecule has 0 radical (unpaired) electrons. The molecule has 1 saturated heterocycles. The van der Waals surface area contributed by atoms with E-state index in [1.165, 1.54) is 36.1 Å². The molecular weight excluding hydrogens is 279 g/mol. The second-order valence-electron chi connectivity index (χ2n) is 4.88. The Labute approximate surface area is 120 Å². The summed E-state index contributed by atoms with van der Waals surface area (Å²) in [5, 5.41) is 11.0. The smallest absolute Gasteiger partial charge is 0.325 e. The molecule has 6 nitrogen and oxygen atoms in total. The molecule has 0 aromatic heterocycles. The maximum Gasteiger partial charge on any atom is 0.325 e. The van der Waals surface area contributed by atoms with Gasteiger partial charge in [0.05, 0.1) is 0 Å². The number of nitrogens with zero attached hydrogens (tertiary/aromatic N) is 1. The molecule has 1 aliphatic heterocycles. The summed E-state index contributed by atoms with van der Waals surface area (Å²) in [6.45, 7) is 1.67. The molecule has 1 aliphatic rings. The van der Waals surface area contributed by atoms with E-state index in [0.29, 0.717) is 18.7 Å². The molecule has 2 N–H and O–H groups in total. The van der Waals surface area contributed by atoms with Crippen molar-refractivity contribution in [2.45, 2.75) is 19.4 Å². The lowest BCUT2D eigenvalue weighted by molar-refractivity contribution is -0.143. The molecule has 0 spiro atoms. The van der Waals surface area contributed by atoms with Crippen LogP contribution in [-0.2, 0) is 14.4 Å². The fourth-order valence-electron chi connectivity index (χ4n) is 2.18. The van der Waals surface area contributed by atoms with Gasteiger partial charge in [-0.25, -0.2) is 4.39 Å². The van der Waals surface area contributed by atoms with Gasteiger partial charge in [-0.3, -0.25) is 14.4 Å². The van der Waals surface area contributed by atoms with E-state index in [0.717, 1.165) is 0 Å². The Kier molecular flexibility index (Phi) is 4.21. The zero-order valence-corrected chi connectivity index (χ0v) is 11.4. The Bertz CT molecular complexity index is 573. The van der Waals surface area contributed by atoms with Crippen LogP contribution in [0, 0.1) is 11.7 Å². The molecule has 1 aromatic carbocycles. The van der Waals surface area contributed by atoms with Gasteiger partial charge >= 0.3 is 5.97 Å². The molecule has 1 unspecified atom stereocenters. The standard InChI is InChI=1S/C14H15FN2O4/c1-8(14(20)21)16-12(18)11-6-7-17(13(11)19)10-4-2-9(15)3-5-10/h2-5,8,11H,6-7H2,1H3,(H,16,18)(H,20,21)/t8-,11?/m1/s1. The highest BCUT2D eigenvalue weighted by atomic mass is 19.1. The molecular formula is C14H15FN2O4. The third kappa shape index (κ3) is 3.18. The number of hydrogen-bond donors (Lipinski definition) is 2. The third-order valence-corrected chi connectivity index (χ3v) is 3.39. The topological polar surface area (TPSA) is 86.7 Å². The number of rotatable bonds is 4. The SMILES string of the molecule is C[C@@H](NC(=O)C1CCN(c2ccc(F)cc2)C1=O)C(=O)O. The fraction of sp³-hybridized carbons (Fsp3) is 0.357. The number of amides is 2. The highest BCUT2D eigenvalue weighted by Crippen LogP contribution is 2.25. The van der Waals surface area contributed by atoms with Crippen LogP contribution in [0.15, 0.2) is 24.3 Å². The van der Waals surface area contributed by atoms with Crippen molar-refractivity contribution in [2.24, 2.45) is 5.92 Å². The number of anilines is 1. The van der Waals surface area contributed by atoms with Crippen LogP contribution in [0.3, 0.4) is 0 Å². The van der Waals surface area contributed by atoms with Crippen LogP contribution < -0.4 is 10.2 Å². The molecule has 0 saturated carbocycles. The van der Waals surface area contributed by atoms with E-state index in [1.807, 2.05) is 0 Å². The third-order valence-electron chi connectivity index (χ3n) is 3.39. The average Bonchev–Trinajstić information content (AvgIpc) is 2.81. The van der Waals surface area contributed by atoms with Crippen molar-refractivity contribution >= 4 is 23.5 Å². The second kappa shape index (κ2) is 5.90. The summed E-state index contributed by atoms with van der Waals surface area (Å²) in [4.78, 5) is 36.2. The van der Waals surface area contributed by atoms with E-state index in [2.05, 4.69) is 5.32 Å². The van der Waals surface area contributed by atoms with Gasteiger partial charge in [0.2, 0.25) is 11.8 Å². The van der Waals surface area contributed by atoms with Gasteiger partial charge in [-0.15, -0.1) is 0 Å². The van der Waals surface area contributed by atoms with Gasteiger partial charge in [0.25, 0.3) is 0 Å². The Morgan fingerprint density at radius 2 is 2.00 bits per heavy atom. The summed E-state index contributed by atoms with van der Waals surface area (Å²) in [7, 11) is 0. The van der Waals surface area contributed by atoms with Gasteiger partial charge in [-0.1, -0.05) is 0 Å².